The van der Waals surface area contributed by atoms with Gasteiger partial charge < -0.3 is 10.6 Å². The Balaban J connectivity index is 2.33. The van der Waals surface area contributed by atoms with Gasteiger partial charge in [0.1, 0.15) is 5.82 Å². The summed E-state index contributed by atoms with van der Waals surface area (Å²) < 4.78 is 13.3. The number of rotatable bonds is 3. The summed E-state index contributed by atoms with van der Waals surface area (Å²) in [5.74, 6) is -0.461. The monoisotopic (exact) mass is 272 g/mol. The lowest BCUT2D eigenvalue weighted by atomic mass is 10.1. The smallest absolute Gasteiger partial charge is 0.258 e. The lowest BCUT2D eigenvalue weighted by Gasteiger charge is -2.21. The average molecular weight is 272 g/mol. The third-order valence-corrected chi connectivity index (χ3v) is 3.17. The van der Waals surface area contributed by atoms with Gasteiger partial charge in [-0.3, -0.25) is 4.79 Å². The number of aryl methyl sites for hydroxylation is 1. The Morgan fingerprint density at radius 1 is 1.20 bits per heavy atom. The first-order chi connectivity index (χ1) is 9.52. The number of nitrogens with two attached hydrogens (primary N) is 1. The maximum atomic E-state index is 13.3. The Morgan fingerprint density at radius 3 is 2.40 bits per heavy atom. The van der Waals surface area contributed by atoms with Gasteiger partial charge in [-0.05, 0) is 61.9 Å². The summed E-state index contributed by atoms with van der Waals surface area (Å²) in [7, 11) is 0. The molecule has 0 aliphatic heterocycles. The van der Waals surface area contributed by atoms with Gasteiger partial charge in [0.25, 0.3) is 5.91 Å². The van der Waals surface area contributed by atoms with Crippen LogP contribution in [-0.4, -0.2) is 12.5 Å². The van der Waals surface area contributed by atoms with Crippen LogP contribution in [-0.2, 0) is 0 Å². The lowest BCUT2D eigenvalue weighted by Crippen LogP contribution is -2.30. The molecule has 0 heterocycles. The Bertz CT molecular complexity index is 623. The number of carbonyl (C=O) groups is 1. The topological polar surface area (TPSA) is 46.3 Å². The van der Waals surface area contributed by atoms with Gasteiger partial charge in [-0.1, -0.05) is 0 Å². The van der Waals surface area contributed by atoms with E-state index < -0.39 is 0 Å². The molecule has 3 nitrogen and oxygen atoms in total. The number of nitrogens with zero attached hydrogens (tertiary/aromatic N) is 1. The lowest BCUT2D eigenvalue weighted by molar-refractivity contribution is 0.0988. The van der Waals surface area contributed by atoms with E-state index in [1.165, 1.54) is 12.1 Å². The number of nitrogen functional groups attached to an aromatic ring is 1. The Kier molecular flexibility index (Phi) is 4.03. The van der Waals surface area contributed by atoms with Crippen molar-refractivity contribution in [3.8, 4) is 0 Å². The van der Waals surface area contributed by atoms with E-state index in [2.05, 4.69) is 0 Å². The molecule has 4 heteroatoms. The number of hydrogen-bond acceptors (Lipinski definition) is 2. The Hall–Kier alpha value is -2.36. The van der Waals surface area contributed by atoms with Crippen LogP contribution in [0.4, 0.5) is 15.8 Å². The molecule has 0 unspecified atom stereocenters. The van der Waals surface area contributed by atoms with Gasteiger partial charge in [0.2, 0.25) is 0 Å². The standard InChI is InChI=1S/C16H17FN2O/c1-3-19(14-7-5-13(18)6-8-14)16(20)12-4-9-15(17)11(2)10-12/h4-10H,3,18H2,1-2H3. The summed E-state index contributed by atoms with van der Waals surface area (Å²) >= 11 is 0. The second-order valence-electron chi connectivity index (χ2n) is 4.60. The van der Waals surface area contributed by atoms with Crippen molar-refractivity contribution in [2.24, 2.45) is 0 Å². The van der Waals surface area contributed by atoms with Crippen molar-refractivity contribution in [1.82, 2.24) is 0 Å². The molecule has 0 aliphatic carbocycles. The summed E-state index contributed by atoms with van der Waals surface area (Å²) in [5.41, 5.74) is 8.00. The largest absolute Gasteiger partial charge is 0.399 e. The van der Waals surface area contributed by atoms with Crippen molar-refractivity contribution in [2.45, 2.75) is 13.8 Å². The summed E-state index contributed by atoms with van der Waals surface area (Å²) in [6, 6.07) is 11.5. The molecule has 0 saturated carbocycles. The highest BCUT2D eigenvalue weighted by molar-refractivity contribution is 6.06. The van der Waals surface area contributed by atoms with Gasteiger partial charge in [0, 0.05) is 23.5 Å². The van der Waals surface area contributed by atoms with E-state index in [1.54, 1.807) is 42.2 Å². The molecule has 0 aromatic heterocycles. The van der Waals surface area contributed by atoms with Crippen LogP contribution in [0.2, 0.25) is 0 Å². The molecule has 20 heavy (non-hydrogen) atoms. The van der Waals surface area contributed by atoms with E-state index in [9.17, 15) is 9.18 Å². The number of benzene rings is 2. The van der Waals surface area contributed by atoms with Gasteiger partial charge in [-0.15, -0.1) is 0 Å². The van der Waals surface area contributed by atoms with Crippen LogP contribution in [0.1, 0.15) is 22.8 Å². The molecule has 2 rings (SSSR count). The molecule has 0 aliphatic rings. The zero-order valence-electron chi connectivity index (χ0n) is 11.6. The van der Waals surface area contributed by atoms with E-state index in [-0.39, 0.29) is 11.7 Å². The van der Waals surface area contributed by atoms with Gasteiger partial charge in [-0.25, -0.2) is 4.39 Å². The molecule has 0 fully saturated rings. The summed E-state index contributed by atoms with van der Waals surface area (Å²) in [6.07, 6.45) is 0. The fourth-order valence-corrected chi connectivity index (χ4v) is 2.03. The number of amides is 1. The van der Waals surface area contributed by atoms with Crippen LogP contribution >= 0.6 is 0 Å². The highest BCUT2D eigenvalue weighted by Crippen LogP contribution is 2.19. The minimum absolute atomic E-state index is 0.152. The second kappa shape index (κ2) is 5.74. The van der Waals surface area contributed by atoms with E-state index in [4.69, 9.17) is 5.73 Å². The average Bonchev–Trinajstić information content (AvgIpc) is 2.44. The number of anilines is 2. The highest BCUT2D eigenvalue weighted by atomic mass is 19.1. The summed E-state index contributed by atoms with van der Waals surface area (Å²) in [5, 5.41) is 0. The zero-order valence-corrected chi connectivity index (χ0v) is 11.6. The predicted molar refractivity (Wildman–Crippen MR) is 79.3 cm³/mol. The molecule has 0 saturated heterocycles. The van der Waals surface area contributed by atoms with E-state index in [0.717, 1.165) is 5.69 Å². The van der Waals surface area contributed by atoms with Gasteiger partial charge in [0.05, 0.1) is 0 Å². The molecule has 2 aromatic carbocycles. The van der Waals surface area contributed by atoms with Crippen molar-refractivity contribution in [3.05, 3.63) is 59.4 Å². The zero-order chi connectivity index (χ0) is 14.7. The predicted octanol–water partition coefficient (Wildman–Crippen LogP) is 3.38. The molecular formula is C16H17FN2O. The van der Waals surface area contributed by atoms with Crippen molar-refractivity contribution >= 4 is 17.3 Å². The third kappa shape index (κ3) is 2.79. The normalized spacial score (nSPS) is 10.3. The van der Waals surface area contributed by atoms with Crippen LogP contribution in [0, 0.1) is 12.7 Å². The number of halogens is 1. The van der Waals surface area contributed by atoms with Gasteiger partial charge in [0.15, 0.2) is 0 Å². The van der Waals surface area contributed by atoms with Crippen LogP contribution in [0.15, 0.2) is 42.5 Å². The Labute approximate surface area is 117 Å². The molecule has 104 valence electrons. The van der Waals surface area contributed by atoms with Crippen LogP contribution in [0.3, 0.4) is 0 Å². The second-order valence-corrected chi connectivity index (χ2v) is 4.60. The maximum absolute atomic E-state index is 13.3. The molecule has 2 aromatic rings. The first kappa shape index (κ1) is 14.1. The minimum Gasteiger partial charge on any atom is -0.399 e. The summed E-state index contributed by atoms with van der Waals surface area (Å²) in [4.78, 5) is 14.1. The fraction of sp³-hybridized carbons (Fsp3) is 0.188. The van der Waals surface area contributed by atoms with Crippen molar-refractivity contribution in [1.29, 1.82) is 0 Å². The molecular weight excluding hydrogens is 255 g/mol. The molecule has 2 N–H and O–H groups in total. The van der Waals surface area contributed by atoms with Crippen molar-refractivity contribution in [3.63, 3.8) is 0 Å². The molecule has 0 spiro atoms. The van der Waals surface area contributed by atoms with Gasteiger partial charge in [-0.2, -0.15) is 0 Å². The van der Waals surface area contributed by atoms with Crippen molar-refractivity contribution < 1.29 is 9.18 Å². The molecule has 0 bridgehead atoms. The van der Waals surface area contributed by atoms with Crippen LogP contribution < -0.4 is 10.6 Å². The maximum Gasteiger partial charge on any atom is 0.258 e. The first-order valence-corrected chi connectivity index (χ1v) is 6.46. The van der Waals surface area contributed by atoms with Gasteiger partial charge >= 0.3 is 0 Å². The van der Waals surface area contributed by atoms with Crippen molar-refractivity contribution in [2.75, 3.05) is 17.2 Å². The molecule has 0 radical (unpaired) electrons. The number of hydrogen-bond donors (Lipinski definition) is 1. The quantitative estimate of drug-likeness (QED) is 0.871. The van der Waals surface area contributed by atoms with E-state index in [0.29, 0.717) is 23.4 Å². The van der Waals surface area contributed by atoms with Crippen LogP contribution in [0.25, 0.3) is 0 Å². The molecule has 1 amide bonds. The van der Waals surface area contributed by atoms with Crippen LogP contribution in [0.5, 0.6) is 0 Å². The summed E-state index contributed by atoms with van der Waals surface area (Å²) in [6.45, 7) is 4.06. The number of carbonyl (C=O) groups excluding carboxylic acids is 1. The first-order valence-electron chi connectivity index (χ1n) is 6.46. The third-order valence-electron chi connectivity index (χ3n) is 3.17. The Morgan fingerprint density at radius 2 is 1.85 bits per heavy atom. The molecule has 0 atom stereocenters. The minimum atomic E-state index is -0.308. The van der Waals surface area contributed by atoms with E-state index >= 15 is 0 Å². The van der Waals surface area contributed by atoms with E-state index in [1.807, 2.05) is 6.92 Å². The fourth-order valence-electron chi connectivity index (χ4n) is 2.03. The highest BCUT2D eigenvalue weighted by Gasteiger charge is 2.16. The SMILES string of the molecule is CCN(C(=O)c1ccc(F)c(C)c1)c1ccc(N)cc1.